The van der Waals surface area contributed by atoms with Gasteiger partial charge in [0.05, 0.1) is 5.02 Å². The second-order valence-electron chi connectivity index (χ2n) is 5.53. The third kappa shape index (κ3) is 3.16. The Balaban J connectivity index is 2.05. The number of nitrogens with one attached hydrogen (secondary N) is 1. The molecule has 122 valence electrons. The quantitative estimate of drug-likeness (QED) is 0.655. The summed E-state index contributed by atoms with van der Waals surface area (Å²) in [4.78, 5) is 24.6. The van der Waals surface area contributed by atoms with Crippen molar-refractivity contribution in [2.75, 3.05) is 5.32 Å². The standard InChI is InChI=1S/C18H13Cl2NO3/c1-9-3-4-10(2)15(5-9)21-17(22)13-7-11-6-12(19)8-14(20)16(11)24-18(13)23/h3-8H,1-2H3,(H,21,22). The van der Waals surface area contributed by atoms with E-state index in [0.717, 1.165) is 11.1 Å². The van der Waals surface area contributed by atoms with E-state index in [1.807, 2.05) is 32.0 Å². The van der Waals surface area contributed by atoms with Crippen molar-refractivity contribution in [3.8, 4) is 0 Å². The van der Waals surface area contributed by atoms with Crippen molar-refractivity contribution in [2.24, 2.45) is 0 Å². The van der Waals surface area contributed by atoms with Crippen molar-refractivity contribution in [3.63, 3.8) is 0 Å². The van der Waals surface area contributed by atoms with Gasteiger partial charge >= 0.3 is 5.63 Å². The van der Waals surface area contributed by atoms with Gasteiger partial charge < -0.3 is 9.73 Å². The van der Waals surface area contributed by atoms with Crippen LogP contribution in [-0.2, 0) is 0 Å². The van der Waals surface area contributed by atoms with Crippen molar-refractivity contribution < 1.29 is 9.21 Å². The molecule has 6 heteroatoms. The number of fused-ring (bicyclic) bond motifs is 1. The van der Waals surface area contributed by atoms with Crippen LogP contribution >= 0.6 is 23.2 Å². The number of rotatable bonds is 2. The minimum atomic E-state index is -0.755. The molecule has 0 bridgehead atoms. The third-order valence-corrected chi connectivity index (χ3v) is 4.14. The van der Waals surface area contributed by atoms with Crippen molar-refractivity contribution in [1.82, 2.24) is 0 Å². The Kier molecular flexibility index (Phi) is 4.35. The van der Waals surface area contributed by atoms with Crippen LogP contribution in [0.4, 0.5) is 5.69 Å². The molecule has 1 amide bonds. The lowest BCUT2D eigenvalue weighted by molar-refractivity contribution is 0.102. The highest BCUT2D eigenvalue weighted by molar-refractivity contribution is 6.38. The average Bonchev–Trinajstić information content (AvgIpc) is 2.51. The molecule has 24 heavy (non-hydrogen) atoms. The van der Waals surface area contributed by atoms with E-state index in [9.17, 15) is 9.59 Å². The Bertz CT molecular complexity index is 1020. The molecule has 0 spiro atoms. The number of carbonyl (C=O) groups is 1. The van der Waals surface area contributed by atoms with Crippen LogP contribution in [-0.4, -0.2) is 5.91 Å². The number of amides is 1. The average molecular weight is 362 g/mol. The van der Waals surface area contributed by atoms with Crippen LogP contribution < -0.4 is 10.9 Å². The Morgan fingerprint density at radius 1 is 1.08 bits per heavy atom. The molecule has 3 rings (SSSR count). The fourth-order valence-electron chi connectivity index (χ4n) is 2.38. The number of halogens is 2. The lowest BCUT2D eigenvalue weighted by atomic mass is 10.1. The highest BCUT2D eigenvalue weighted by atomic mass is 35.5. The van der Waals surface area contributed by atoms with Gasteiger partial charge in [0, 0.05) is 16.1 Å². The summed E-state index contributed by atoms with van der Waals surface area (Å²) in [5, 5.41) is 3.83. The topological polar surface area (TPSA) is 59.3 Å². The lowest BCUT2D eigenvalue weighted by Gasteiger charge is -2.09. The smallest absolute Gasteiger partial charge is 0.349 e. The summed E-state index contributed by atoms with van der Waals surface area (Å²) in [5.74, 6) is -0.546. The maximum Gasteiger partial charge on any atom is 0.349 e. The zero-order valence-electron chi connectivity index (χ0n) is 12.9. The highest BCUT2D eigenvalue weighted by Gasteiger charge is 2.16. The summed E-state index contributed by atoms with van der Waals surface area (Å²) in [6.07, 6.45) is 0. The lowest BCUT2D eigenvalue weighted by Crippen LogP contribution is -2.21. The van der Waals surface area contributed by atoms with Gasteiger partial charge in [0.1, 0.15) is 5.56 Å². The normalized spacial score (nSPS) is 10.8. The van der Waals surface area contributed by atoms with Crippen molar-refractivity contribution >= 4 is 45.8 Å². The molecule has 0 radical (unpaired) electrons. The Hall–Kier alpha value is -2.30. The fraction of sp³-hybridized carbons (Fsp3) is 0.111. The summed E-state index contributed by atoms with van der Waals surface area (Å²) in [5.41, 5.74) is 1.87. The molecular formula is C18H13Cl2NO3. The van der Waals surface area contributed by atoms with Crippen molar-refractivity contribution in [3.05, 3.63) is 73.6 Å². The minimum absolute atomic E-state index is 0.110. The van der Waals surface area contributed by atoms with Crippen molar-refractivity contribution in [2.45, 2.75) is 13.8 Å². The Morgan fingerprint density at radius 3 is 2.58 bits per heavy atom. The molecule has 1 N–H and O–H groups in total. The van der Waals surface area contributed by atoms with Gasteiger partial charge in [-0.3, -0.25) is 4.79 Å². The van der Waals surface area contributed by atoms with Crippen LogP contribution in [0.15, 0.2) is 45.6 Å². The van der Waals surface area contributed by atoms with E-state index in [0.29, 0.717) is 16.1 Å². The number of anilines is 1. The zero-order valence-corrected chi connectivity index (χ0v) is 14.5. The minimum Gasteiger partial charge on any atom is -0.421 e. The Morgan fingerprint density at radius 2 is 1.83 bits per heavy atom. The molecule has 0 unspecified atom stereocenters. The number of aryl methyl sites for hydroxylation is 2. The first-order valence-corrected chi connectivity index (χ1v) is 7.92. The van der Waals surface area contributed by atoms with E-state index in [2.05, 4.69) is 5.32 Å². The summed E-state index contributed by atoms with van der Waals surface area (Å²) < 4.78 is 5.18. The number of carbonyl (C=O) groups excluding carboxylic acids is 1. The predicted molar refractivity (Wildman–Crippen MR) is 96.4 cm³/mol. The number of benzene rings is 2. The molecule has 0 aliphatic heterocycles. The van der Waals surface area contributed by atoms with E-state index >= 15 is 0 Å². The number of hydrogen-bond donors (Lipinski definition) is 1. The van der Waals surface area contributed by atoms with E-state index < -0.39 is 11.5 Å². The van der Waals surface area contributed by atoms with Gasteiger partial charge in [0.15, 0.2) is 5.58 Å². The van der Waals surface area contributed by atoms with Crippen LogP contribution in [0.1, 0.15) is 21.5 Å². The van der Waals surface area contributed by atoms with E-state index in [1.165, 1.54) is 12.1 Å². The van der Waals surface area contributed by atoms with Crippen LogP contribution in [0.2, 0.25) is 10.0 Å². The van der Waals surface area contributed by atoms with Gasteiger partial charge in [-0.15, -0.1) is 0 Å². The molecule has 1 aromatic heterocycles. The first-order valence-electron chi connectivity index (χ1n) is 7.16. The SMILES string of the molecule is Cc1ccc(C)c(NC(=O)c2cc3cc(Cl)cc(Cl)c3oc2=O)c1. The van der Waals surface area contributed by atoms with Gasteiger partial charge in [0.25, 0.3) is 5.91 Å². The van der Waals surface area contributed by atoms with Gasteiger partial charge in [-0.1, -0.05) is 35.3 Å². The van der Waals surface area contributed by atoms with Gasteiger partial charge in [-0.2, -0.15) is 0 Å². The molecule has 0 atom stereocenters. The molecule has 1 heterocycles. The van der Waals surface area contributed by atoms with Gasteiger partial charge in [-0.05, 0) is 49.2 Å². The summed E-state index contributed by atoms with van der Waals surface area (Å²) in [6.45, 7) is 3.79. The Labute approximate surface area is 148 Å². The third-order valence-electron chi connectivity index (χ3n) is 3.64. The van der Waals surface area contributed by atoms with E-state index in [-0.39, 0.29) is 16.2 Å². The van der Waals surface area contributed by atoms with Crippen LogP contribution in [0.25, 0.3) is 11.0 Å². The van der Waals surface area contributed by atoms with Gasteiger partial charge in [0.2, 0.25) is 0 Å². The van der Waals surface area contributed by atoms with Crippen LogP contribution in [0.3, 0.4) is 0 Å². The maximum absolute atomic E-state index is 12.5. The second-order valence-corrected chi connectivity index (χ2v) is 6.37. The first kappa shape index (κ1) is 16.6. The van der Waals surface area contributed by atoms with Gasteiger partial charge in [-0.25, -0.2) is 4.79 Å². The summed E-state index contributed by atoms with van der Waals surface area (Å²) in [7, 11) is 0. The summed E-state index contributed by atoms with van der Waals surface area (Å²) in [6, 6.07) is 10.2. The summed E-state index contributed by atoms with van der Waals surface area (Å²) >= 11 is 12.0. The molecule has 3 aromatic rings. The van der Waals surface area contributed by atoms with Crippen LogP contribution in [0, 0.1) is 13.8 Å². The van der Waals surface area contributed by atoms with Crippen LogP contribution in [0.5, 0.6) is 0 Å². The first-order chi connectivity index (χ1) is 11.3. The molecule has 4 nitrogen and oxygen atoms in total. The largest absolute Gasteiger partial charge is 0.421 e. The van der Waals surface area contributed by atoms with E-state index in [1.54, 1.807) is 6.07 Å². The fourth-order valence-corrected chi connectivity index (χ4v) is 2.92. The second kappa shape index (κ2) is 6.30. The molecule has 2 aromatic carbocycles. The maximum atomic E-state index is 12.5. The van der Waals surface area contributed by atoms with Crippen molar-refractivity contribution in [1.29, 1.82) is 0 Å². The molecule has 0 aliphatic carbocycles. The molecule has 0 saturated heterocycles. The molecule has 0 fully saturated rings. The molecular weight excluding hydrogens is 349 g/mol. The molecule has 0 aliphatic rings. The predicted octanol–water partition coefficient (Wildman–Crippen LogP) is 4.97. The number of hydrogen-bond acceptors (Lipinski definition) is 3. The monoisotopic (exact) mass is 361 g/mol. The highest BCUT2D eigenvalue weighted by Crippen LogP contribution is 2.27. The zero-order chi connectivity index (χ0) is 17.4. The van der Waals surface area contributed by atoms with E-state index in [4.69, 9.17) is 27.6 Å². The molecule has 0 saturated carbocycles.